The van der Waals surface area contributed by atoms with Crippen LogP contribution in [0.15, 0.2) is 72.9 Å². The SMILES string of the molecule is CC/C=C\C/C=C\C/C=C\C/C=C\C/C=C\C/C=C\CCCCCCCCCCCCCCCCCCCCC(=O)OC(CO)COC(=O)CCCCCCCCCCCCCCCCCCCCCCCCC. The minimum Gasteiger partial charge on any atom is -0.462 e. The number of carbonyl (C=O) groups is 2. The van der Waals surface area contributed by atoms with Gasteiger partial charge >= 0.3 is 11.9 Å². The van der Waals surface area contributed by atoms with Crippen LogP contribution in [-0.2, 0) is 19.1 Å². The Morgan fingerprint density at radius 2 is 0.581 bits per heavy atom. The van der Waals surface area contributed by atoms with E-state index in [4.69, 9.17) is 9.47 Å². The molecule has 0 aromatic carbocycles. The topological polar surface area (TPSA) is 72.8 Å². The summed E-state index contributed by atoms with van der Waals surface area (Å²) in [6.07, 6.45) is 89.1. The number of rotatable bonds is 60. The van der Waals surface area contributed by atoms with E-state index in [1.807, 2.05) is 0 Å². The van der Waals surface area contributed by atoms with Crippen molar-refractivity contribution in [2.24, 2.45) is 0 Å². The number of aliphatic hydroxyl groups excluding tert-OH is 1. The Morgan fingerprint density at radius 1 is 0.324 bits per heavy atom. The average Bonchev–Trinajstić information content (AvgIpc) is 3.40. The molecule has 430 valence electrons. The summed E-state index contributed by atoms with van der Waals surface area (Å²) in [6.45, 7) is 4.07. The van der Waals surface area contributed by atoms with Gasteiger partial charge in [0.25, 0.3) is 0 Å². The smallest absolute Gasteiger partial charge is 0.306 e. The maximum atomic E-state index is 12.3. The normalized spacial score (nSPS) is 12.6. The predicted octanol–water partition coefficient (Wildman–Crippen LogP) is 22.3. The van der Waals surface area contributed by atoms with Crippen LogP contribution in [0.5, 0.6) is 0 Å². The van der Waals surface area contributed by atoms with E-state index in [0.29, 0.717) is 12.8 Å². The molecule has 0 aromatic rings. The average molecular weight is 1030 g/mol. The number of esters is 2. The lowest BCUT2D eigenvalue weighted by molar-refractivity contribution is -0.161. The highest BCUT2D eigenvalue weighted by Gasteiger charge is 2.16. The molecule has 1 atom stereocenters. The third-order valence-corrected chi connectivity index (χ3v) is 14.5. The van der Waals surface area contributed by atoms with Crippen LogP contribution >= 0.6 is 0 Å². The monoisotopic (exact) mass is 1030 g/mol. The largest absolute Gasteiger partial charge is 0.462 e. The van der Waals surface area contributed by atoms with E-state index in [-0.39, 0.29) is 25.2 Å². The molecule has 0 aliphatic carbocycles. The highest BCUT2D eigenvalue weighted by molar-refractivity contribution is 5.70. The zero-order valence-corrected chi connectivity index (χ0v) is 49.4. The number of aliphatic hydroxyl groups is 1. The molecule has 0 saturated heterocycles. The van der Waals surface area contributed by atoms with Crippen molar-refractivity contribution in [2.75, 3.05) is 13.2 Å². The van der Waals surface area contributed by atoms with Gasteiger partial charge in [-0.3, -0.25) is 9.59 Å². The van der Waals surface area contributed by atoms with E-state index in [1.165, 1.54) is 238 Å². The number of hydrogen-bond donors (Lipinski definition) is 1. The third kappa shape index (κ3) is 61.9. The number of hydrogen-bond acceptors (Lipinski definition) is 5. The lowest BCUT2D eigenvalue weighted by Gasteiger charge is -2.15. The molecule has 0 heterocycles. The standard InChI is InChI=1S/C69H124O5/c1-3-5-7-9-11-13-15-17-19-21-23-25-27-28-29-30-31-32-33-34-35-36-37-38-39-40-42-44-46-48-50-52-54-56-58-60-62-64-69(72)74-67(65-70)66-73-68(71)63-61-59-57-55-53-51-49-47-45-43-41-26-24-22-20-18-16-14-12-10-8-6-4-2/h5,7,11,13,17,19,23,25,28-29,31-32,67,70H,3-4,6,8-10,12,14-16,18,20-22,24,26-27,30,33-66H2,1-2H3/b7-5-,13-11-,19-17-,25-23-,29-28-,32-31-. The van der Waals surface area contributed by atoms with Gasteiger partial charge in [0, 0.05) is 12.8 Å². The maximum absolute atomic E-state index is 12.3. The van der Waals surface area contributed by atoms with Gasteiger partial charge in [0.2, 0.25) is 0 Å². The molecule has 0 saturated carbocycles. The molecule has 0 fully saturated rings. The summed E-state index contributed by atoms with van der Waals surface area (Å²) in [5.74, 6) is -0.572. The van der Waals surface area contributed by atoms with Crippen LogP contribution in [0.2, 0.25) is 0 Å². The predicted molar refractivity (Wildman–Crippen MR) is 325 cm³/mol. The summed E-state index contributed by atoms with van der Waals surface area (Å²) in [6, 6.07) is 0. The van der Waals surface area contributed by atoms with Crippen molar-refractivity contribution in [1.82, 2.24) is 0 Å². The lowest BCUT2D eigenvalue weighted by Crippen LogP contribution is -2.28. The third-order valence-electron chi connectivity index (χ3n) is 14.5. The Kier molecular flexibility index (Phi) is 62.3. The van der Waals surface area contributed by atoms with Crippen molar-refractivity contribution in [3.05, 3.63) is 72.9 Å². The molecule has 0 amide bonds. The summed E-state index contributed by atoms with van der Waals surface area (Å²) >= 11 is 0. The summed E-state index contributed by atoms with van der Waals surface area (Å²) in [5.41, 5.74) is 0. The Labute approximate surface area is 461 Å². The van der Waals surface area contributed by atoms with Crippen molar-refractivity contribution >= 4 is 11.9 Å². The number of ether oxygens (including phenoxy) is 2. The van der Waals surface area contributed by atoms with E-state index in [0.717, 1.165) is 70.6 Å². The fraction of sp³-hybridized carbons (Fsp3) is 0.797. The Hall–Kier alpha value is -2.66. The lowest BCUT2D eigenvalue weighted by atomic mass is 10.0. The Morgan fingerprint density at radius 3 is 0.878 bits per heavy atom. The zero-order valence-electron chi connectivity index (χ0n) is 49.4. The van der Waals surface area contributed by atoms with Crippen molar-refractivity contribution in [2.45, 2.75) is 341 Å². The first-order valence-corrected chi connectivity index (χ1v) is 32.5. The zero-order chi connectivity index (χ0) is 53.4. The van der Waals surface area contributed by atoms with E-state index >= 15 is 0 Å². The molecule has 5 nitrogen and oxygen atoms in total. The van der Waals surface area contributed by atoms with Gasteiger partial charge in [-0.15, -0.1) is 0 Å². The second-order valence-corrected chi connectivity index (χ2v) is 21.8. The highest BCUT2D eigenvalue weighted by atomic mass is 16.6. The van der Waals surface area contributed by atoms with Crippen molar-refractivity contribution in [3.63, 3.8) is 0 Å². The van der Waals surface area contributed by atoms with Crippen LogP contribution in [-0.4, -0.2) is 36.4 Å². The molecule has 0 bridgehead atoms. The molecule has 1 N–H and O–H groups in total. The molecule has 0 aliphatic heterocycles. The van der Waals surface area contributed by atoms with Crippen molar-refractivity contribution < 1.29 is 24.2 Å². The minimum absolute atomic E-state index is 0.0613. The quantitative estimate of drug-likeness (QED) is 0.0373. The van der Waals surface area contributed by atoms with Crippen LogP contribution in [0.4, 0.5) is 0 Å². The van der Waals surface area contributed by atoms with E-state index in [1.54, 1.807) is 0 Å². The summed E-state index contributed by atoms with van der Waals surface area (Å²) in [7, 11) is 0. The summed E-state index contributed by atoms with van der Waals surface area (Å²) < 4.78 is 10.7. The van der Waals surface area contributed by atoms with Gasteiger partial charge in [-0.1, -0.05) is 331 Å². The van der Waals surface area contributed by atoms with E-state index in [9.17, 15) is 14.7 Å². The van der Waals surface area contributed by atoms with Gasteiger partial charge in [0.1, 0.15) is 6.61 Å². The second kappa shape index (κ2) is 64.6. The molecule has 0 rings (SSSR count). The maximum Gasteiger partial charge on any atom is 0.306 e. The minimum atomic E-state index is -0.771. The Bertz CT molecular complexity index is 1310. The number of carbonyl (C=O) groups excluding carboxylic acids is 2. The number of unbranched alkanes of at least 4 members (excludes halogenated alkanes) is 40. The van der Waals surface area contributed by atoms with Crippen molar-refractivity contribution in [1.29, 1.82) is 0 Å². The van der Waals surface area contributed by atoms with Crippen LogP contribution in [0.1, 0.15) is 335 Å². The first-order valence-electron chi connectivity index (χ1n) is 32.5. The first-order chi connectivity index (χ1) is 36.6. The van der Waals surface area contributed by atoms with Gasteiger partial charge in [-0.05, 0) is 64.2 Å². The van der Waals surface area contributed by atoms with E-state index in [2.05, 4.69) is 86.8 Å². The second-order valence-electron chi connectivity index (χ2n) is 21.8. The van der Waals surface area contributed by atoms with Crippen LogP contribution in [0.3, 0.4) is 0 Å². The fourth-order valence-electron chi connectivity index (χ4n) is 9.68. The van der Waals surface area contributed by atoms with Gasteiger partial charge in [-0.25, -0.2) is 0 Å². The Balaban J connectivity index is 3.43. The number of allylic oxidation sites excluding steroid dienone is 12. The summed E-state index contributed by atoms with van der Waals surface area (Å²) in [4.78, 5) is 24.6. The molecule has 74 heavy (non-hydrogen) atoms. The van der Waals surface area contributed by atoms with Crippen LogP contribution < -0.4 is 0 Å². The van der Waals surface area contributed by atoms with Crippen LogP contribution in [0.25, 0.3) is 0 Å². The molecule has 0 radical (unpaired) electrons. The molecule has 0 spiro atoms. The fourth-order valence-corrected chi connectivity index (χ4v) is 9.68. The summed E-state index contributed by atoms with van der Waals surface area (Å²) in [5, 5.41) is 9.68. The molecule has 1 unspecified atom stereocenters. The van der Waals surface area contributed by atoms with Gasteiger partial charge in [0.15, 0.2) is 6.10 Å². The van der Waals surface area contributed by atoms with Crippen molar-refractivity contribution in [3.8, 4) is 0 Å². The molecule has 0 aliphatic rings. The van der Waals surface area contributed by atoms with Gasteiger partial charge in [-0.2, -0.15) is 0 Å². The van der Waals surface area contributed by atoms with E-state index < -0.39 is 6.10 Å². The molecule has 5 heteroatoms. The molecule has 0 aromatic heterocycles. The first kappa shape index (κ1) is 71.3. The van der Waals surface area contributed by atoms with Gasteiger partial charge < -0.3 is 14.6 Å². The van der Waals surface area contributed by atoms with Gasteiger partial charge in [0.05, 0.1) is 6.61 Å². The highest BCUT2D eigenvalue weighted by Crippen LogP contribution is 2.18. The molecular formula is C69H124O5. The molecular weight excluding hydrogens is 909 g/mol. The van der Waals surface area contributed by atoms with Crippen LogP contribution in [0, 0.1) is 0 Å².